The number of nitrogens with two attached hydrogens (primary N) is 2. The molecule has 1 aromatic rings. The molecule has 1 aliphatic heterocycles. The summed E-state index contributed by atoms with van der Waals surface area (Å²) in [6, 6.07) is 6.36. The van der Waals surface area contributed by atoms with Gasteiger partial charge < -0.3 is 11.5 Å². The summed E-state index contributed by atoms with van der Waals surface area (Å²) in [5.74, 6) is 0.747. The third-order valence-corrected chi connectivity index (χ3v) is 4.19. The van der Waals surface area contributed by atoms with E-state index in [4.69, 9.17) is 11.5 Å². The van der Waals surface area contributed by atoms with Crippen LogP contribution in [0.25, 0.3) is 0 Å². The number of nitrogens with zero attached hydrogens (tertiary/aromatic N) is 3. The second-order valence-electron chi connectivity index (χ2n) is 5.75. The van der Waals surface area contributed by atoms with Gasteiger partial charge in [-0.25, -0.2) is 4.99 Å². The average Bonchev–Trinajstić information content (AvgIpc) is 2.79. The fourth-order valence-corrected chi connectivity index (χ4v) is 3.35. The van der Waals surface area contributed by atoms with Gasteiger partial charge in [0.1, 0.15) is 5.66 Å². The monoisotopic (exact) mass is 307 g/mol. The zero-order chi connectivity index (χ0) is 14.3. The van der Waals surface area contributed by atoms with Crippen LogP contribution in [0.15, 0.2) is 28.2 Å². The summed E-state index contributed by atoms with van der Waals surface area (Å²) in [4.78, 5) is 10.9. The van der Waals surface area contributed by atoms with Crippen molar-refractivity contribution >= 4 is 30.0 Å². The SMILES string of the molecule is Cc1ccc(N2C(N)=NC(N)=NC23CCCC3)c(C)c1.Cl. The van der Waals surface area contributed by atoms with E-state index in [-0.39, 0.29) is 18.1 Å². The van der Waals surface area contributed by atoms with Crippen LogP contribution in [0, 0.1) is 13.8 Å². The highest BCUT2D eigenvalue weighted by Gasteiger charge is 2.44. The summed E-state index contributed by atoms with van der Waals surface area (Å²) in [6.07, 6.45) is 4.23. The highest BCUT2D eigenvalue weighted by Crippen LogP contribution is 2.41. The van der Waals surface area contributed by atoms with E-state index in [0.29, 0.717) is 11.9 Å². The van der Waals surface area contributed by atoms with Crippen LogP contribution in [-0.2, 0) is 0 Å². The van der Waals surface area contributed by atoms with Crippen LogP contribution in [0.3, 0.4) is 0 Å². The Kier molecular flexibility index (Phi) is 4.14. The molecule has 0 aromatic heterocycles. The number of aryl methyl sites for hydroxylation is 2. The normalized spacial score (nSPS) is 20.0. The topological polar surface area (TPSA) is 80.0 Å². The molecule has 1 aromatic carbocycles. The minimum Gasteiger partial charge on any atom is -0.369 e. The second-order valence-corrected chi connectivity index (χ2v) is 5.75. The molecule has 4 N–H and O–H groups in total. The number of benzene rings is 1. The first-order valence-electron chi connectivity index (χ1n) is 7.09. The molecule has 21 heavy (non-hydrogen) atoms. The van der Waals surface area contributed by atoms with E-state index in [2.05, 4.69) is 46.9 Å². The largest absolute Gasteiger partial charge is 0.369 e. The van der Waals surface area contributed by atoms with E-state index in [9.17, 15) is 0 Å². The molecule has 3 rings (SSSR count). The summed E-state index contributed by atoms with van der Waals surface area (Å²) in [5.41, 5.74) is 15.2. The van der Waals surface area contributed by atoms with Crippen LogP contribution in [-0.4, -0.2) is 17.6 Å². The van der Waals surface area contributed by atoms with Gasteiger partial charge in [0, 0.05) is 5.69 Å². The van der Waals surface area contributed by atoms with E-state index in [1.165, 1.54) is 11.1 Å². The standard InChI is InChI=1S/C15H21N5.ClH/c1-10-5-6-12(11(2)9-10)20-14(17)18-13(16)19-15(20)7-3-4-8-15;/h5-6,9H,3-4,7-8H2,1-2H3,(H4,16,17,18,19);1H. The Morgan fingerprint density at radius 3 is 2.43 bits per heavy atom. The maximum atomic E-state index is 6.18. The Hall–Kier alpha value is -1.75. The maximum absolute atomic E-state index is 6.18. The molecule has 0 unspecified atom stereocenters. The van der Waals surface area contributed by atoms with Gasteiger partial charge in [-0.1, -0.05) is 17.7 Å². The maximum Gasteiger partial charge on any atom is 0.220 e. The van der Waals surface area contributed by atoms with Gasteiger partial charge in [-0.05, 0) is 51.2 Å². The molecule has 5 nitrogen and oxygen atoms in total. The van der Waals surface area contributed by atoms with Gasteiger partial charge in [-0.3, -0.25) is 4.90 Å². The molecule has 0 amide bonds. The average molecular weight is 308 g/mol. The first-order chi connectivity index (χ1) is 9.52. The smallest absolute Gasteiger partial charge is 0.220 e. The van der Waals surface area contributed by atoms with Crippen molar-refractivity contribution in [3.63, 3.8) is 0 Å². The molecule has 1 saturated carbocycles. The molecule has 1 fully saturated rings. The minimum atomic E-state index is -0.337. The fraction of sp³-hybridized carbons (Fsp3) is 0.467. The molecule has 0 bridgehead atoms. The first-order valence-corrected chi connectivity index (χ1v) is 7.09. The molecule has 0 radical (unpaired) electrons. The van der Waals surface area contributed by atoms with Crippen molar-refractivity contribution in [3.8, 4) is 0 Å². The number of aliphatic imine (C=N–C) groups is 2. The minimum absolute atomic E-state index is 0. The van der Waals surface area contributed by atoms with Crippen molar-refractivity contribution in [2.75, 3.05) is 4.90 Å². The quantitative estimate of drug-likeness (QED) is 0.836. The number of rotatable bonds is 1. The van der Waals surface area contributed by atoms with Gasteiger partial charge in [0.05, 0.1) is 0 Å². The van der Waals surface area contributed by atoms with Crippen LogP contribution in [0.1, 0.15) is 36.8 Å². The van der Waals surface area contributed by atoms with Crippen molar-refractivity contribution in [2.45, 2.75) is 45.2 Å². The molecule has 1 aliphatic carbocycles. The van der Waals surface area contributed by atoms with E-state index in [1.807, 2.05) is 0 Å². The van der Waals surface area contributed by atoms with Crippen LogP contribution in [0.5, 0.6) is 0 Å². The van der Waals surface area contributed by atoms with Gasteiger partial charge in [0.2, 0.25) is 11.9 Å². The van der Waals surface area contributed by atoms with Crippen molar-refractivity contribution in [2.24, 2.45) is 21.5 Å². The van der Waals surface area contributed by atoms with E-state index >= 15 is 0 Å². The molecule has 114 valence electrons. The summed E-state index contributed by atoms with van der Waals surface area (Å²) < 4.78 is 0. The molecule has 6 heteroatoms. The van der Waals surface area contributed by atoms with Crippen molar-refractivity contribution < 1.29 is 0 Å². The zero-order valence-corrected chi connectivity index (χ0v) is 13.3. The van der Waals surface area contributed by atoms with Gasteiger partial charge in [-0.15, -0.1) is 12.4 Å². The number of hydrogen-bond acceptors (Lipinski definition) is 5. The van der Waals surface area contributed by atoms with Gasteiger partial charge >= 0.3 is 0 Å². The zero-order valence-electron chi connectivity index (χ0n) is 12.5. The lowest BCUT2D eigenvalue weighted by Crippen LogP contribution is -2.56. The van der Waals surface area contributed by atoms with Crippen LogP contribution < -0.4 is 16.4 Å². The lowest BCUT2D eigenvalue weighted by Gasteiger charge is -2.41. The van der Waals surface area contributed by atoms with Crippen molar-refractivity contribution in [1.29, 1.82) is 0 Å². The van der Waals surface area contributed by atoms with E-state index in [0.717, 1.165) is 31.4 Å². The predicted molar refractivity (Wildman–Crippen MR) is 90.1 cm³/mol. The number of guanidine groups is 2. The van der Waals surface area contributed by atoms with Crippen LogP contribution >= 0.6 is 12.4 Å². The lowest BCUT2D eigenvalue weighted by molar-refractivity contribution is 0.452. The van der Waals surface area contributed by atoms with Crippen LogP contribution in [0.4, 0.5) is 5.69 Å². The summed E-state index contributed by atoms with van der Waals surface area (Å²) in [5, 5.41) is 0. The van der Waals surface area contributed by atoms with Crippen LogP contribution in [0.2, 0.25) is 0 Å². The predicted octanol–water partition coefficient (Wildman–Crippen LogP) is 2.44. The molecule has 0 atom stereocenters. The van der Waals surface area contributed by atoms with E-state index < -0.39 is 0 Å². The molecule has 2 aliphatic rings. The van der Waals surface area contributed by atoms with E-state index in [1.54, 1.807) is 0 Å². The third kappa shape index (κ3) is 2.58. The Labute approximate surface area is 131 Å². The number of hydrogen-bond donors (Lipinski definition) is 2. The van der Waals surface area contributed by atoms with Gasteiger partial charge in [-0.2, -0.15) is 4.99 Å². The Bertz CT molecular complexity index is 602. The fourth-order valence-electron chi connectivity index (χ4n) is 3.35. The first kappa shape index (κ1) is 15.6. The Balaban J connectivity index is 0.00000161. The van der Waals surface area contributed by atoms with Gasteiger partial charge in [0.15, 0.2) is 0 Å². The van der Waals surface area contributed by atoms with Crippen molar-refractivity contribution in [3.05, 3.63) is 29.3 Å². The summed E-state index contributed by atoms with van der Waals surface area (Å²) in [7, 11) is 0. The third-order valence-electron chi connectivity index (χ3n) is 4.19. The van der Waals surface area contributed by atoms with Gasteiger partial charge in [0.25, 0.3) is 0 Å². The second kappa shape index (κ2) is 5.56. The Morgan fingerprint density at radius 2 is 1.81 bits per heavy atom. The lowest BCUT2D eigenvalue weighted by atomic mass is 10.0. The summed E-state index contributed by atoms with van der Waals surface area (Å²) >= 11 is 0. The molecule has 0 saturated heterocycles. The van der Waals surface area contributed by atoms with Crippen molar-refractivity contribution in [1.82, 2.24) is 0 Å². The number of halogens is 1. The molecular weight excluding hydrogens is 286 g/mol. The highest BCUT2D eigenvalue weighted by molar-refractivity contribution is 6.06. The molecule has 1 spiro atoms. The Morgan fingerprint density at radius 1 is 1.14 bits per heavy atom. The molecule has 1 heterocycles. The number of anilines is 1. The summed E-state index contributed by atoms with van der Waals surface area (Å²) in [6.45, 7) is 4.19. The molecular formula is C15H22ClN5. The highest BCUT2D eigenvalue weighted by atomic mass is 35.5.